The maximum absolute atomic E-state index is 11.2. The molecule has 14 heavy (non-hydrogen) atoms. The van der Waals surface area contributed by atoms with Gasteiger partial charge < -0.3 is 14.3 Å². The predicted molar refractivity (Wildman–Crippen MR) is 54.4 cm³/mol. The van der Waals surface area contributed by atoms with Crippen molar-refractivity contribution in [3.8, 4) is 0 Å². The van der Waals surface area contributed by atoms with Crippen molar-refractivity contribution in [3.05, 3.63) is 12.2 Å². The van der Waals surface area contributed by atoms with Gasteiger partial charge in [-0.25, -0.2) is 4.79 Å². The Morgan fingerprint density at radius 3 is 2.21 bits per heavy atom. The van der Waals surface area contributed by atoms with E-state index >= 15 is 0 Å². The Balaban J connectivity index is 4.35. The second-order valence-electron chi connectivity index (χ2n) is 4.79. The van der Waals surface area contributed by atoms with Crippen molar-refractivity contribution in [1.82, 2.24) is 0 Å². The van der Waals surface area contributed by atoms with Crippen LogP contribution >= 0.6 is 0 Å². The minimum atomic E-state index is -1.45. The fraction of sp³-hybridized carbons (Fsp3) is 0.700. The van der Waals surface area contributed by atoms with E-state index in [2.05, 4.69) is 6.58 Å². The van der Waals surface area contributed by atoms with Crippen LogP contribution in [0.5, 0.6) is 0 Å². The highest BCUT2D eigenvalue weighted by Gasteiger charge is 2.32. The Morgan fingerprint density at radius 1 is 1.50 bits per heavy atom. The summed E-state index contributed by atoms with van der Waals surface area (Å²) in [7, 11) is 5.72. The number of hydrogen-bond acceptors (Lipinski definition) is 3. The highest BCUT2D eigenvalue weighted by atomic mass is 16.7. The molecule has 4 heteroatoms. The third-order valence-corrected chi connectivity index (χ3v) is 1.43. The van der Waals surface area contributed by atoms with Gasteiger partial charge in [-0.1, -0.05) is 6.58 Å². The van der Waals surface area contributed by atoms with Gasteiger partial charge in [-0.05, 0) is 6.92 Å². The molecule has 82 valence electrons. The van der Waals surface area contributed by atoms with Crippen LogP contribution in [0.3, 0.4) is 0 Å². The van der Waals surface area contributed by atoms with Gasteiger partial charge in [-0.2, -0.15) is 0 Å². The van der Waals surface area contributed by atoms with Gasteiger partial charge in [0.15, 0.2) is 0 Å². The van der Waals surface area contributed by atoms with Crippen molar-refractivity contribution < 1.29 is 19.1 Å². The molecule has 0 saturated heterocycles. The predicted octanol–water partition coefficient (Wildman–Crippen LogP) is 0.520. The molecule has 0 spiro atoms. The quantitative estimate of drug-likeness (QED) is 0.313. The lowest BCUT2D eigenvalue weighted by Crippen LogP contribution is -2.50. The molecule has 1 atom stereocenters. The molecular formula is C10H20NO3+. The standard InChI is InChI=1S/C10H20NO3/c1-8(2)9(12)14-10(3,13)7-11(4,5)6/h13H,1,7H2,2-6H3/q+1. The summed E-state index contributed by atoms with van der Waals surface area (Å²) < 4.78 is 5.39. The summed E-state index contributed by atoms with van der Waals surface area (Å²) >= 11 is 0. The summed E-state index contributed by atoms with van der Waals surface area (Å²) in [6, 6.07) is 0. The van der Waals surface area contributed by atoms with E-state index in [-0.39, 0.29) is 5.57 Å². The molecule has 4 nitrogen and oxygen atoms in total. The van der Waals surface area contributed by atoms with Crippen molar-refractivity contribution in [2.45, 2.75) is 19.6 Å². The minimum Gasteiger partial charge on any atom is -0.424 e. The van der Waals surface area contributed by atoms with Crippen molar-refractivity contribution in [1.29, 1.82) is 0 Å². The number of likely N-dealkylation sites (N-methyl/N-ethyl adjacent to an activating group) is 1. The second-order valence-corrected chi connectivity index (χ2v) is 4.79. The maximum atomic E-state index is 11.2. The Kier molecular flexibility index (Phi) is 3.85. The Labute approximate surface area is 85.4 Å². The SMILES string of the molecule is C=C(C)C(=O)OC(C)(O)C[N+](C)(C)C. The van der Waals surface area contributed by atoms with Gasteiger partial charge in [0.05, 0.1) is 21.1 Å². The maximum Gasteiger partial charge on any atom is 0.335 e. The first kappa shape index (κ1) is 13.1. The largest absolute Gasteiger partial charge is 0.424 e. The van der Waals surface area contributed by atoms with E-state index in [9.17, 15) is 9.90 Å². The van der Waals surface area contributed by atoms with Crippen LogP contribution < -0.4 is 0 Å². The lowest BCUT2D eigenvalue weighted by molar-refractivity contribution is -0.880. The summed E-state index contributed by atoms with van der Waals surface area (Å²) in [5.74, 6) is -2.02. The first-order chi connectivity index (χ1) is 6.03. The van der Waals surface area contributed by atoms with E-state index in [0.717, 1.165) is 0 Å². The number of carbonyl (C=O) groups excluding carboxylic acids is 1. The number of ether oxygens (including phenoxy) is 1. The summed E-state index contributed by atoms with van der Waals surface area (Å²) in [4.78, 5) is 11.2. The van der Waals surface area contributed by atoms with Gasteiger partial charge in [0.2, 0.25) is 0 Å². The smallest absolute Gasteiger partial charge is 0.335 e. The average molecular weight is 202 g/mol. The molecule has 0 aliphatic heterocycles. The normalized spacial score (nSPS) is 15.9. The number of aliphatic hydroxyl groups is 1. The van der Waals surface area contributed by atoms with Gasteiger partial charge in [0.25, 0.3) is 5.79 Å². The molecule has 1 N–H and O–H groups in total. The van der Waals surface area contributed by atoms with Gasteiger partial charge in [-0.15, -0.1) is 0 Å². The van der Waals surface area contributed by atoms with Crippen LogP contribution in [-0.4, -0.2) is 49.0 Å². The lowest BCUT2D eigenvalue weighted by atomic mass is 10.2. The summed E-state index contributed by atoms with van der Waals surface area (Å²) in [5.41, 5.74) is 0.284. The molecule has 0 bridgehead atoms. The van der Waals surface area contributed by atoms with E-state index in [0.29, 0.717) is 11.0 Å². The van der Waals surface area contributed by atoms with Gasteiger partial charge >= 0.3 is 5.97 Å². The minimum absolute atomic E-state index is 0.284. The molecule has 0 aliphatic carbocycles. The topological polar surface area (TPSA) is 46.5 Å². The second kappa shape index (κ2) is 4.11. The molecule has 0 aliphatic rings. The third kappa shape index (κ3) is 5.72. The molecule has 0 radical (unpaired) electrons. The lowest BCUT2D eigenvalue weighted by Gasteiger charge is -2.32. The molecule has 0 heterocycles. The number of hydrogen-bond donors (Lipinski definition) is 1. The van der Waals surface area contributed by atoms with Gasteiger partial charge in [-0.3, -0.25) is 0 Å². The zero-order chi connectivity index (χ0) is 11.6. The van der Waals surface area contributed by atoms with Crippen LogP contribution in [0.4, 0.5) is 0 Å². The van der Waals surface area contributed by atoms with Crippen LogP contribution in [0, 0.1) is 0 Å². The molecular weight excluding hydrogens is 182 g/mol. The highest BCUT2D eigenvalue weighted by molar-refractivity contribution is 5.87. The van der Waals surface area contributed by atoms with Crippen LogP contribution in [-0.2, 0) is 9.53 Å². The average Bonchev–Trinajstić information content (AvgIpc) is 1.78. The molecule has 1 unspecified atom stereocenters. The Morgan fingerprint density at radius 2 is 1.93 bits per heavy atom. The van der Waals surface area contributed by atoms with Gasteiger partial charge in [0.1, 0.15) is 6.54 Å². The third-order valence-electron chi connectivity index (χ3n) is 1.43. The van der Waals surface area contributed by atoms with E-state index < -0.39 is 11.8 Å². The van der Waals surface area contributed by atoms with Crippen LogP contribution in [0.1, 0.15) is 13.8 Å². The first-order valence-corrected chi connectivity index (χ1v) is 4.45. The van der Waals surface area contributed by atoms with Crippen LogP contribution in [0.15, 0.2) is 12.2 Å². The fourth-order valence-corrected chi connectivity index (χ4v) is 1.20. The number of carbonyl (C=O) groups is 1. The molecule has 0 rings (SSSR count). The van der Waals surface area contributed by atoms with Crippen LogP contribution in [0.25, 0.3) is 0 Å². The number of nitrogens with zero attached hydrogens (tertiary/aromatic N) is 1. The monoisotopic (exact) mass is 202 g/mol. The summed E-state index contributed by atoms with van der Waals surface area (Å²) in [5, 5.41) is 9.77. The Hall–Kier alpha value is -0.870. The first-order valence-electron chi connectivity index (χ1n) is 4.45. The molecule has 0 amide bonds. The van der Waals surface area contributed by atoms with E-state index in [4.69, 9.17) is 4.74 Å². The van der Waals surface area contributed by atoms with Crippen molar-refractivity contribution in [3.63, 3.8) is 0 Å². The van der Waals surface area contributed by atoms with E-state index in [1.54, 1.807) is 6.92 Å². The number of quaternary nitrogens is 1. The number of esters is 1. The van der Waals surface area contributed by atoms with Crippen LogP contribution in [0.2, 0.25) is 0 Å². The summed E-state index contributed by atoms with van der Waals surface area (Å²) in [6.45, 7) is 6.79. The van der Waals surface area contributed by atoms with Crippen molar-refractivity contribution >= 4 is 5.97 Å². The van der Waals surface area contributed by atoms with Crippen molar-refractivity contribution in [2.24, 2.45) is 0 Å². The number of rotatable bonds is 4. The van der Waals surface area contributed by atoms with Crippen molar-refractivity contribution in [2.75, 3.05) is 27.7 Å². The van der Waals surface area contributed by atoms with Gasteiger partial charge in [0, 0.05) is 12.5 Å². The Bertz CT molecular complexity index is 238. The highest BCUT2D eigenvalue weighted by Crippen LogP contribution is 2.12. The molecule has 0 fully saturated rings. The zero-order valence-electron chi connectivity index (χ0n) is 9.63. The molecule has 0 saturated carbocycles. The zero-order valence-corrected chi connectivity index (χ0v) is 9.63. The summed E-state index contributed by atoms with van der Waals surface area (Å²) in [6.07, 6.45) is 0. The molecule has 0 aromatic heterocycles. The fourth-order valence-electron chi connectivity index (χ4n) is 1.20. The van der Waals surface area contributed by atoms with E-state index in [1.165, 1.54) is 6.92 Å². The molecule has 0 aromatic rings. The van der Waals surface area contributed by atoms with E-state index in [1.807, 2.05) is 21.1 Å². The molecule has 0 aromatic carbocycles.